The molecular weight excluding hydrogens is 620 g/mol. The second-order valence-electron chi connectivity index (χ2n) is 12.5. The highest BCUT2D eigenvalue weighted by atomic mass is 79.9. The molecule has 4 aliphatic rings. The van der Waals surface area contributed by atoms with Crippen LogP contribution in [0.25, 0.3) is 0 Å². The maximum atomic E-state index is 14.7. The van der Waals surface area contributed by atoms with Gasteiger partial charge in [-0.3, -0.25) is 19.3 Å². The van der Waals surface area contributed by atoms with Crippen molar-refractivity contribution in [2.75, 3.05) is 65.6 Å². The van der Waals surface area contributed by atoms with E-state index < -0.39 is 28.7 Å². The first-order chi connectivity index (χ1) is 20.1. The van der Waals surface area contributed by atoms with Gasteiger partial charge in [-0.2, -0.15) is 0 Å². The van der Waals surface area contributed by atoms with Gasteiger partial charge in [-0.05, 0) is 25.2 Å². The summed E-state index contributed by atoms with van der Waals surface area (Å²) in [6, 6.07) is -1.26. The number of halogens is 1. The fourth-order valence-electron chi connectivity index (χ4n) is 7.48. The van der Waals surface area contributed by atoms with E-state index in [1.807, 2.05) is 16.7 Å². The van der Waals surface area contributed by atoms with Crippen molar-refractivity contribution in [1.82, 2.24) is 19.6 Å². The lowest BCUT2D eigenvalue weighted by Crippen LogP contribution is -2.58. The van der Waals surface area contributed by atoms with Crippen molar-refractivity contribution in [1.29, 1.82) is 0 Å². The molecule has 1 N–H and O–H groups in total. The number of aliphatic hydroxyl groups excluding tert-OH is 1. The molecule has 4 aliphatic heterocycles. The Bertz CT molecular complexity index is 1010. The summed E-state index contributed by atoms with van der Waals surface area (Å²) in [6.07, 6.45) is 5.47. The third kappa shape index (κ3) is 6.36. The molecule has 0 aliphatic carbocycles. The van der Waals surface area contributed by atoms with E-state index in [1.165, 1.54) is 0 Å². The van der Waals surface area contributed by atoms with Gasteiger partial charge in [0.1, 0.15) is 6.04 Å². The van der Waals surface area contributed by atoms with Gasteiger partial charge in [0.15, 0.2) is 0 Å². The third-order valence-electron chi connectivity index (χ3n) is 9.20. The number of likely N-dealkylation sites (tertiary alicyclic amines) is 1. The van der Waals surface area contributed by atoms with Gasteiger partial charge >= 0.3 is 0 Å². The number of thioether (sulfide) groups is 1. The van der Waals surface area contributed by atoms with Crippen molar-refractivity contribution < 1.29 is 24.2 Å². The van der Waals surface area contributed by atoms with E-state index in [0.717, 1.165) is 19.5 Å². The van der Waals surface area contributed by atoms with E-state index >= 15 is 0 Å². The van der Waals surface area contributed by atoms with E-state index in [4.69, 9.17) is 4.74 Å². The van der Waals surface area contributed by atoms with Crippen LogP contribution < -0.4 is 0 Å². The van der Waals surface area contributed by atoms with Crippen LogP contribution in [0.2, 0.25) is 0 Å². The largest absolute Gasteiger partial charge is 0.394 e. The summed E-state index contributed by atoms with van der Waals surface area (Å²) in [5, 5.41) is 10.5. The Kier molecular flexibility index (Phi) is 11.6. The molecule has 7 atom stereocenters. The van der Waals surface area contributed by atoms with Gasteiger partial charge < -0.3 is 24.5 Å². The Labute approximate surface area is 264 Å². The number of nitrogens with zero attached hydrogens (tertiary/aromatic N) is 4. The maximum Gasteiger partial charge on any atom is 0.247 e. The van der Waals surface area contributed by atoms with Crippen molar-refractivity contribution >= 4 is 45.4 Å². The maximum absolute atomic E-state index is 14.7. The van der Waals surface area contributed by atoms with Gasteiger partial charge in [-0.15, -0.1) is 24.9 Å². The Hall–Kier alpha value is -1.40. The van der Waals surface area contributed by atoms with Crippen LogP contribution in [0.15, 0.2) is 25.3 Å². The van der Waals surface area contributed by atoms with Crippen molar-refractivity contribution in [3.63, 3.8) is 0 Å². The molecule has 236 valence electrons. The SMILES string of the molecule is C=CCN(CCN1CCOCC1)C(=O)C1N([C@@H](CO)CC(C)C)C(=O)[C@@H]2[C@H](C(=O)N(CC=C)CCC)[C@H]3SC12CC3Br. The van der Waals surface area contributed by atoms with Gasteiger partial charge in [-0.1, -0.05) is 48.9 Å². The molecule has 0 aromatic rings. The summed E-state index contributed by atoms with van der Waals surface area (Å²) in [6.45, 7) is 19.3. The van der Waals surface area contributed by atoms with E-state index in [9.17, 15) is 19.5 Å². The smallest absolute Gasteiger partial charge is 0.247 e. The van der Waals surface area contributed by atoms with E-state index in [0.29, 0.717) is 58.8 Å². The highest BCUT2D eigenvalue weighted by Gasteiger charge is 2.76. The molecule has 42 heavy (non-hydrogen) atoms. The summed E-state index contributed by atoms with van der Waals surface area (Å²) in [4.78, 5) is 51.1. The van der Waals surface area contributed by atoms with Crippen LogP contribution in [0, 0.1) is 17.8 Å². The van der Waals surface area contributed by atoms with Gasteiger partial charge in [0.2, 0.25) is 17.7 Å². The zero-order chi connectivity index (χ0) is 30.6. The van der Waals surface area contributed by atoms with Crippen LogP contribution >= 0.6 is 27.7 Å². The molecular formula is C31H49BrN4O5S. The van der Waals surface area contributed by atoms with Crippen LogP contribution in [-0.4, -0.2) is 135 Å². The van der Waals surface area contributed by atoms with Gasteiger partial charge in [0.05, 0.1) is 42.4 Å². The van der Waals surface area contributed by atoms with Crippen LogP contribution in [0.4, 0.5) is 0 Å². The van der Waals surface area contributed by atoms with Crippen LogP contribution in [0.3, 0.4) is 0 Å². The number of amides is 3. The van der Waals surface area contributed by atoms with Gasteiger partial charge in [-0.25, -0.2) is 0 Å². The summed E-state index contributed by atoms with van der Waals surface area (Å²) in [5.74, 6) is -1.25. The second-order valence-corrected chi connectivity index (χ2v) is 15.2. The van der Waals surface area contributed by atoms with Crippen molar-refractivity contribution in [2.24, 2.45) is 17.8 Å². The number of carbonyl (C=O) groups is 3. The average molecular weight is 670 g/mol. The number of hydrogen-bond acceptors (Lipinski definition) is 7. The Balaban J connectivity index is 1.73. The topological polar surface area (TPSA) is 93.6 Å². The minimum atomic E-state index is -0.762. The zero-order valence-corrected chi connectivity index (χ0v) is 27.9. The number of fused-ring (bicyclic) bond motifs is 1. The summed E-state index contributed by atoms with van der Waals surface area (Å²) < 4.78 is 4.75. The number of hydrogen-bond donors (Lipinski definition) is 1. The summed E-state index contributed by atoms with van der Waals surface area (Å²) in [5.41, 5.74) is 0. The fourth-order valence-corrected chi connectivity index (χ4v) is 11.1. The first-order valence-electron chi connectivity index (χ1n) is 15.5. The monoisotopic (exact) mass is 668 g/mol. The molecule has 4 fully saturated rings. The Morgan fingerprint density at radius 1 is 1.17 bits per heavy atom. The second kappa shape index (κ2) is 14.6. The molecule has 3 unspecified atom stereocenters. The first kappa shape index (κ1) is 33.5. The predicted octanol–water partition coefficient (Wildman–Crippen LogP) is 2.63. The molecule has 4 saturated heterocycles. The molecule has 0 aromatic carbocycles. The third-order valence-corrected chi connectivity index (χ3v) is 12.4. The summed E-state index contributed by atoms with van der Waals surface area (Å²) in [7, 11) is 0. The van der Waals surface area contributed by atoms with Crippen molar-refractivity contribution in [3.05, 3.63) is 25.3 Å². The fraction of sp³-hybridized carbons (Fsp3) is 0.774. The molecule has 0 aromatic heterocycles. The van der Waals surface area contributed by atoms with E-state index in [2.05, 4.69) is 47.8 Å². The molecule has 3 amide bonds. The van der Waals surface area contributed by atoms with E-state index in [-0.39, 0.29) is 40.3 Å². The van der Waals surface area contributed by atoms with E-state index in [1.54, 1.807) is 28.8 Å². The van der Waals surface area contributed by atoms with Gasteiger partial charge in [0, 0.05) is 55.9 Å². The van der Waals surface area contributed by atoms with Crippen LogP contribution in [0.1, 0.15) is 40.0 Å². The molecule has 2 bridgehead atoms. The Morgan fingerprint density at radius 2 is 1.81 bits per heavy atom. The van der Waals surface area contributed by atoms with Crippen LogP contribution in [-0.2, 0) is 19.1 Å². The predicted molar refractivity (Wildman–Crippen MR) is 170 cm³/mol. The molecule has 9 nitrogen and oxygen atoms in total. The minimum absolute atomic E-state index is 0.00170. The van der Waals surface area contributed by atoms with Crippen molar-refractivity contribution in [3.8, 4) is 0 Å². The number of morpholine rings is 1. The number of aliphatic hydroxyl groups is 1. The Morgan fingerprint density at radius 3 is 2.38 bits per heavy atom. The molecule has 0 radical (unpaired) electrons. The lowest BCUT2D eigenvalue weighted by atomic mass is 9.70. The standard InChI is InChI=1S/C31H49BrN4O5S/c1-6-9-34(10-7-2)28(38)24-25-29(39)36(22(20-37)18-21(4)5)27(31(25)19-23(32)26(24)42-31)30(40)35(11-8-3)13-12-33-14-16-41-17-15-33/h6,8,21-27,37H,1,3,7,9-20H2,2,4-5H3/t22-,23?,24+,25+,26+,27?,31?/m1/s1. The number of ether oxygens (including phenoxy) is 1. The van der Waals surface area contributed by atoms with Gasteiger partial charge in [0.25, 0.3) is 0 Å². The minimum Gasteiger partial charge on any atom is -0.394 e. The zero-order valence-electron chi connectivity index (χ0n) is 25.5. The number of rotatable bonds is 15. The lowest BCUT2D eigenvalue weighted by Gasteiger charge is -2.40. The number of carbonyl (C=O) groups excluding carboxylic acids is 3. The first-order valence-corrected chi connectivity index (χ1v) is 17.3. The molecule has 0 saturated carbocycles. The normalized spacial score (nSPS) is 31.3. The molecule has 11 heteroatoms. The van der Waals surface area contributed by atoms with Crippen LogP contribution in [0.5, 0.6) is 0 Å². The lowest BCUT2D eigenvalue weighted by molar-refractivity contribution is -0.147. The average Bonchev–Trinajstić information content (AvgIpc) is 3.56. The molecule has 4 rings (SSSR count). The highest BCUT2D eigenvalue weighted by Crippen LogP contribution is 2.68. The molecule has 4 heterocycles. The highest BCUT2D eigenvalue weighted by molar-refractivity contribution is 9.09. The molecule has 1 spiro atoms. The summed E-state index contributed by atoms with van der Waals surface area (Å²) >= 11 is 5.53. The van der Waals surface area contributed by atoms with Crippen molar-refractivity contribution in [2.45, 2.75) is 66.9 Å². The quantitative estimate of drug-likeness (QED) is 0.212. The number of alkyl halides is 1.